The van der Waals surface area contributed by atoms with Crippen molar-refractivity contribution < 1.29 is 17.9 Å². The SMILES string of the molecule is CCCNCCc1ccc(COCCC(F)(F)F)cc1. The second-order valence-electron chi connectivity index (χ2n) is 4.73. The zero-order valence-electron chi connectivity index (χ0n) is 11.8. The molecule has 2 nitrogen and oxygen atoms in total. The molecule has 0 unspecified atom stereocenters. The Morgan fingerprint density at radius 3 is 2.30 bits per heavy atom. The van der Waals surface area contributed by atoms with Crippen molar-refractivity contribution in [1.82, 2.24) is 5.32 Å². The molecule has 0 radical (unpaired) electrons. The summed E-state index contributed by atoms with van der Waals surface area (Å²) in [6.45, 7) is 4.03. The Labute approximate surface area is 118 Å². The largest absolute Gasteiger partial charge is 0.391 e. The van der Waals surface area contributed by atoms with E-state index in [1.807, 2.05) is 24.3 Å². The van der Waals surface area contributed by atoms with Crippen LogP contribution in [0.2, 0.25) is 0 Å². The molecule has 1 rings (SSSR count). The van der Waals surface area contributed by atoms with Gasteiger partial charge in [-0.3, -0.25) is 0 Å². The normalized spacial score (nSPS) is 11.8. The predicted molar refractivity (Wildman–Crippen MR) is 73.6 cm³/mol. The molecule has 0 spiro atoms. The van der Waals surface area contributed by atoms with Crippen molar-refractivity contribution in [3.63, 3.8) is 0 Å². The third-order valence-electron chi connectivity index (χ3n) is 2.84. The molecule has 1 N–H and O–H groups in total. The molecule has 0 bridgehead atoms. The summed E-state index contributed by atoms with van der Waals surface area (Å²) in [5, 5.41) is 3.32. The van der Waals surface area contributed by atoms with Gasteiger partial charge in [0.25, 0.3) is 0 Å². The van der Waals surface area contributed by atoms with Gasteiger partial charge in [0.05, 0.1) is 19.6 Å². The molecule has 0 amide bonds. The fraction of sp³-hybridized carbons (Fsp3) is 0.600. The Morgan fingerprint density at radius 1 is 1.05 bits per heavy atom. The maximum atomic E-state index is 11.9. The molecule has 114 valence electrons. The second-order valence-corrected chi connectivity index (χ2v) is 4.73. The number of alkyl halides is 3. The molecular formula is C15H22F3NO. The van der Waals surface area contributed by atoms with Gasteiger partial charge in [0.2, 0.25) is 0 Å². The fourth-order valence-corrected chi connectivity index (χ4v) is 1.71. The Balaban J connectivity index is 2.21. The first-order valence-corrected chi connectivity index (χ1v) is 6.94. The van der Waals surface area contributed by atoms with E-state index in [4.69, 9.17) is 4.74 Å². The number of hydrogen-bond donors (Lipinski definition) is 1. The third-order valence-corrected chi connectivity index (χ3v) is 2.84. The van der Waals surface area contributed by atoms with Crippen LogP contribution in [0.15, 0.2) is 24.3 Å². The van der Waals surface area contributed by atoms with Crippen molar-refractivity contribution in [2.45, 2.75) is 39.0 Å². The lowest BCUT2D eigenvalue weighted by Crippen LogP contribution is -2.17. The average Bonchev–Trinajstić information content (AvgIpc) is 2.40. The first-order chi connectivity index (χ1) is 9.51. The van der Waals surface area contributed by atoms with Gasteiger partial charge < -0.3 is 10.1 Å². The monoisotopic (exact) mass is 289 g/mol. The van der Waals surface area contributed by atoms with E-state index in [0.717, 1.165) is 31.5 Å². The summed E-state index contributed by atoms with van der Waals surface area (Å²) in [7, 11) is 0. The summed E-state index contributed by atoms with van der Waals surface area (Å²) >= 11 is 0. The fourth-order valence-electron chi connectivity index (χ4n) is 1.71. The van der Waals surface area contributed by atoms with E-state index in [-0.39, 0.29) is 13.2 Å². The Bertz CT molecular complexity index is 362. The molecule has 20 heavy (non-hydrogen) atoms. The van der Waals surface area contributed by atoms with E-state index in [9.17, 15) is 13.2 Å². The lowest BCUT2D eigenvalue weighted by molar-refractivity contribution is -0.146. The minimum Gasteiger partial charge on any atom is -0.376 e. The maximum absolute atomic E-state index is 11.9. The number of ether oxygens (including phenoxy) is 1. The number of nitrogens with one attached hydrogen (secondary N) is 1. The van der Waals surface area contributed by atoms with Crippen molar-refractivity contribution in [3.8, 4) is 0 Å². The highest BCUT2D eigenvalue weighted by atomic mass is 19.4. The van der Waals surface area contributed by atoms with Crippen LogP contribution in [-0.4, -0.2) is 25.9 Å². The molecule has 0 aliphatic heterocycles. The van der Waals surface area contributed by atoms with E-state index in [2.05, 4.69) is 12.2 Å². The van der Waals surface area contributed by atoms with Crippen LogP contribution in [0.1, 0.15) is 30.9 Å². The topological polar surface area (TPSA) is 21.3 Å². The molecule has 5 heteroatoms. The Hall–Kier alpha value is -1.07. The molecule has 0 saturated heterocycles. The molecule has 0 heterocycles. The zero-order valence-corrected chi connectivity index (χ0v) is 11.8. The van der Waals surface area contributed by atoms with Crippen LogP contribution in [0.4, 0.5) is 13.2 Å². The summed E-state index contributed by atoms with van der Waals surface area (Å²) in [5.41, 5.74) is 2.12. The summed E-state index contributed by atoms with van der Waals surface area (Å²) < 4.78 is 40.8. The van der Waals surface area contributed by atoms with Crippen molar-refractivity contribution >= 4 is 0 Å². The van der Waals surface area contributed by atoms with Gasteiger partial charge in [-0.1, -0.05) is 31.2 Å². The Morgan fingerprint density at radius 2 is 1.70 bits per heavy atom. The molecular weight excluding hydrogens is 267 g/mol. The quantitative estimate of drug-likeness (QED) is 0.700. The molecule has 1 aromatic rings. The van der Waals surface area contributed by atoms with Gasteiger partial charge in [0.15, 0.2) is 0 Å². The van der Waals surface area contributed by atoms with Gasteiger partial charge in [0, 0.05) is 0 Å². The van der Waals surface area contributed by atoms with Gasteiger partial charge in [-0.15, -0.1) is 0 Å². The summed E-state index contributed by atoms with van der Waals surface area (Å²) in [6.07, 6.45) is -2.97. The first kappa shape index (κ1) is 17.0. The maximum Gasteiger partial charge on any atom is 0.391 e. The lowest BCUT2D eigenvalue weighted by Gasteiger charge is -2.08. The van der Waals surface area contributed by atoms with E-state index in [1.54, 1.807) is 0 Å². The highest BCUT2D eigenvalue weighted by molar-refractivity contribution is 5.22. The number of hydrogen-bond acceptors (Lipinski definition) is 2. The molecule has 0 aromatic heterocycles. The van der Waals surface area contributed by atoms with Gasteiger partial charge in [-0.2, -0.15) is 13.2 Å². The standard InChI is InChI=1S/C15H22F3NO/c1-2-9-19-10-7-13-3-5-14(6-4-13)12-20-11-8-15(16,17)18/h3-6,19H,2,7-12H2,1H3. The van der Waals surface area contributed by atoms with Gasteiger partial charge >= 0.3 is 6.18 Å². The van der Waals surface area contributed by atoms with Gasteiger partial charge in [-0.25, -0.2) is 0 Å². The molecule has 0 aliphatic rings. The first-order valence-electron chi connectivity index (χ1n) is 6.94. The predicted octanol–water partition coefficient (Wildman–Crippen LogP) is 3.70. The summed E-state index contributed by atoms with van der Waals surface area (Å²) in [6, 6.07) is 7.80. The minimum atomic E-state index is -4.14. The van der Waals surface area contributed by atoms with E-state index >= 15 is 0 Å². The van der Waals surface area contributed by atoms with E-state index in [0.29, 0.717) is 0 Å². The third kappa shape index (κ3) is 8.17. The summed E-state index contributed by atoms with van der Waals surface area (Å²) in [4.78, 5) is 0. The zero-order chi connectivity index (χ0) is 14.8. The average molecular weight is 289 g/mol. The summed E-state index contributed by atoms with van der Waals surface area (Å²) in [5.74, 6) is 0. The molecule has 0 saturated carbocycles. The van der Waals surface area contributed by atoms with Crippen LogP contribution in [0, 0.1) is 0 Å². The van der Waals surface area contributed by atoms with Gasteiger partial charge in [-0.05, 0) is 37.1 Å². The lowest BCUT2D eigenvalue weighted by atomic mass is 10.1. The second kappa shape index (κ2) is 8.97. The van der Waals surface area contributed by atoms with E-state index in [1.165, 1.54) is 5.56 Å². The van der Waals surface area contributed by atoms with Crippen LogP contribution in [-0.2, 0) is 17.8 Å². The number of rotatable bonds is 9. The molecule has 1 aromatic carbocycles. The van der Waals surface area contributed by atoms with Crippen LogP contribution in [0.5, 0.6) is 0 Å². The number of halogens is 3. The highest BCUT2D eigenvalue weighted by Crippen LogP contribution is 2.19. The van der Waals surface area contributed by atoms with Crippen LogP contribution < -0.4 is 5.32 Å². The molecule has 0 atom stereocenters. The number of benzene rings is 1. The van der Waals surface area contributed by atoms with Gasteiger partial charge in [0.1, 0.15) is 0 Å². The van der Waals surface area contributed by atoms with Crippen LogP contribution >= 0.6 is 0 Å². The highest BCUT2D eigenvalue weighted by Gasteiger charge is 2.26. The van der Waals surface area contributed by atoms with Crippen LogP contribution in [0.25, 0.3) is 0 Å². The van der Waals surface area contributed by atoms with E-state index < -0.39 is 12.6 Å². The molecule has 0 aliphatic carbocycles. The van der Waals surface area contributed by atoms with Crippen molar-refractivity contribution in [2.75, 3.05) is 19.7 Å². The van der Waals surface area contributed by atoms with Crippen molar-refractivity contribution in [1.29, 1.82) is 0 Å². The Kier molecular flexibility index (Phi) is 7.62. The van der Waals surface area contributed by atoms with Crippen LogP contribution in [0.3, 0.4) is 0 Å². The van der Waals surface area contributed by atoms with Crippen molar-refractivity contribution in [3.05, 3.63) is 35.4 Å². The van der Waals surface area contributed by atoms with Crippen molar-refractivity contribution in [2.24, 2.45) is 0 Å². The molecule has 0 fully saturated rings. The smallest absolute Gasteiger partial charge is 0.376 e. The minimum absolute atomic E-state index is 0.227.